The molecule has 0 spiro atoms. The van der Waals surface area contributed by atoms with Crippen molar-refractivity contribution in [2.75, 3.05) is 38.8 Å². The Bertz CT molecular complexity index is 1170. The molecule has 10 heteroatoms. The number of pyridine rings is 1. The molecule has 0 atom stereocenters. The number of hydrogen-bond acceptors (Lipinski definition) is 8. The number of aromatic nitrogens is 3. The summed E-state index contributed by atoms with van der Waals surface area (Å²) in [4.78, 5) is 15.4. The van der Waals surface area contributed by atoms with Gasteiger partial charge in [-0.05, 0) is 24.3 Å². The molecule has 0 amide bonds. The maximum Gasteiger partial charge on any atom is 0.240 e. The van der Waals surface area contributed by atoms with Crippen LogP contribution in [0.2, 0.25) is 0 Å². The summed E-state index contributed by atoms with van der Waals surface area (Å²) in [6, 6.07) is 12.0. The third kappa shape index (κ3) is 4.92. The molecule has 0 saturated heterocycles. The molecule has 162 valence electrons. The zero-order valence-electron chi connectivity index (χ0n) is 17.3. The number of ether oxygens (including phenoxy) is 2. The lowest BCUT2D eigenvalue weighted by Gasteiger charge is -2.19. The molecule has 31 heavy (non-hydrogen) atoms. The molecule has 0 saturated carbocycles. The number of anilines is 1. The van der Waals surface area contributed by atoms with Gasteiger partial charge in [-0.15, -0.1) is 0 Å². The third-order valence-electron chi connectivity index (χ3n) is 4.62. The lowest BCUT2D eigenvalue weighted by molar-refractivity contribution is 0.171. The van der Waals surface area contributed by atoms with E-state index in [2.05, 4.69) is 19.7 Å². The number of rotatable bonds is 7. The van der Waals surface area contributed by atoms with Gasteiger partial charge in [0.15, 0.2) is 17.3 Å². The van der Waals surface area contributed by atoms with Crippen molar-refractivity contribution in [3.8, 4) is 23.0 Å². The highest BCUT2D eigenvalue weighted by molar-refractivity contribution is 7.89. The number of sulfonamides is 1. The molecule has 1 aliphatic rings. The lowest BCUT2D eigenvalue weighted by atomic mass is 10.2. The van der Waals surface area contributed by atoms with Crippen molar-refractivity contribution in [1.82, 2.24) is 19.7 Å². The van der Waals surface area contributed by atoms with Crippen molar-refractivity contribution < 1.29 is 17.9 Å². The van der Waals surface area contributed by atoms with E-state index < -0.39 is 10.0 Å². The Labute approximate surface area is 181 Å². The second kappa shape index (κ2) is 8.86. The average Bonchev–Trinajstić information content (AvgIpc) is 2.79. The molecule has 0 aliphatic carbocycles. The molecule has 0 radical (unpaired) electrons. The first kappa shape index (κ1) is 21.0. The Morgan fingerprint density at radius 2 is 1.84 bits per heavy atom. The SMILES string of the molecule is CN(C)c1cc(CCNS(=O)(=O)c2ccc3c(c2)OCCO3)nc(-c2ccccn2)n1. The van der Waals surface area contributed by atoms with Crippen LogP contribution in [-0.2, 0) is 16.4 Å². The molecule has 3 heterocycles. The Hall–Kier alpha value is -3.24. The summed E-state index contributed by atoms with van der Waals surface area (Å²) >= 11 is 0. The first-order chi connectivity index (χ1) is 14.9. The number of fused-ring (bicyclic) bond motifs is 1. The van der Waals surface area contributed by atoms with Gasteiger partial charge in [-0.25, -0.2) is 23.1 Å². The minimum atomic E-state index is -3.70. The van der Waals surface area contributed by atoms with Crippen LogP contribution in [0.5, 0.6) is 11.5 Å². The molecule has 0 unspecified atom stereocenters. The predicted molar refractivity (Wildman–Crippen MR) is 116 cm³/mol. The van der Waals surface area contributed by atoms with Crippen LogP contribution < -0.4 is 19.1 Å². The van der Waals surface area contributed by atoms with Crippen molar-refractivity contribution in [2.45, 2.75) is 11.3 Å². The van der Waals surface area contributed by atoms with E-state index in [1.165, 1.54) is 12.1 Å². The highest BCUT2D eigenvalue weighted by Crippen LogP contribution is 2.32. The van der Waals surface area contributed by atoms with Crippen molar-refractivity contribution in [3.05, 3.63) is 54.4 Å². The van der Waals surface area contributed by atoms with Gasteiger partial charge in [-0.2, -0.15) is 0 Å². The second-order valence-corrected chi connectivity index (χ2v) is 8.87. The van der Waals surface area contributed by atoms with Gasteiger partial charge < -0.3 is 14.4 Å². The van der Waals surface area contributed by atoms with Crippen LogP contribution in [-0.4, -0.2) is 57.2 Å². The standard InChI is InChI=1S/C21H23N5O4S/c1-26(2)20-13-15(24-21(25-20)17-5-3-4-9-22-17)8-10-23-31(27,28)16-6-7-18-19(14-16)30-12-11-29-18/h3-7,9,13-14,23H,8,10-12H2,1-2H3. The number of benzene rings is 1. The van der Waals surface area contributed by atoms with Gasteiger partial charge in [-0.1, -0.05) is 6.07 Å². The van der Waals surface area contributed by atoms with Crippen LogP contribution in [0.25, 0.3) is 11.5 Å². The van der Waals surface area contributed by atoms with Crippen LogP contribution >= 0.6 is 0 Å². The quantitative estimate of drug-likeness (QED) is 0.593. The van der Waals surface area contributed by atoms with Crippen molar-refractivity contribution in [3.63, 3.8) is 0 Å². The Morgan fingerprint density at radius 1 is 1.03 bits per heavy atom. The van der Waals surface area contributed by atoms with E-state index >= 15 is 0 Å². The maximum absolute atomic E-state index is 12.7. The molecule has 4 rings (SSSR count). The molecule has 3 aromatic rings. The predicted octanol–water partition coefficient (Wildman–Crippen LogP) is 1.90. The smallest absolute Gasteiger partial charge is 0.240 e. The molecule has 2 aromatic heterocycles. The van der Waals surface area contributed by atoms with Gasteiger partial charge in [0.05, 0.1) is 4.90 Å². The summed E-state index contributed by atoms with van der Waals surface area (Å²) < 4.78 is 39.0. The van der Waals surface area contributed by atoms with E-state index in [0.29, 0.717) is 48.3 Å². The van der Waals surface area contributed by atoms with Crippen LogP contribution in [0.3, 0.4) is 0 Å². The average molecular weight is 442 g/mol. The van der Waals surface area contributed by atoms with Crippen LogP contribution in [0.4, 0.5) is 5.82 Å². The van der Waals surface area contributed by atoms with Gasteiger partial charge in [0, 0.05) is 51.1 Å². The summed E-state index contributed by atoms with van der Waals surface area (Å²) in [7, 11) is 0.0712. The van der Waals surface area contributed by atoms with Crippen molar-refractivity contribution in [1.29, 1.82) is 0 Å². The largest absolute Gasteiger partial charge is 0.486 e. The van der Waals surface area contributed by atoms with Crippen LogP contribution in [0, 0.1) is 0 Å². The fourth-order valence-electron chi connectivity index (χ4n) is 3.04. The maximum atomic E-state index is 12.7. The minimum Gasteiger partial charge on any atom is -0.486 e. The van der Waals surface area contributed by atoms with E-state index in [0.717, 1.165) is 5.82 Å². The monoisotopic (exact) mass is 441 g/mol. The molecular formula is C21H23N5O4S. The topological polar surface area (TPSA) is 107 Å². The minimum absolute atomic E-state index is 0.127. The summed E-state index contributed by atoms with van der Waals surface area (Å²) in [5, 5.41) is 0. The highest BCUT2D eigenvalue weighted by atomic mass is 32.2. The van der Waals surface area contributed by atoms with E-state index in [-0.39, 0.29) is 11.4 Å². The van der Waals surface area contributed by atoms with E-state index in [9.17, 15) is 8.42 Å². The summed E-state index contributed by atoms with van der Waals surface area (Å²) in [5.41, 5.74) is 1.37. The molecule has 0 fully saturated rings. The highest BCUT2D eigenvalue weighted by Gasteiger charge is 2.19. The van der Waals surface area contributed by atoms with E-state index in [1.54, 1.807) is 12.3 Å². The summed E-state index contributed by atoms with van der Waals surface area (Å²) in [5.74, 6) is 2.20. The third-order valence-corrected chi connectivity index (χ3v) is 6.07. The Kier molecular flexibility index (Phi) is 6.01. The Morgan fingerprint density at radius 3 is 2.58 bits per heavy atom. The summed E-state index contributed by atoms with van der Waals surface area (Å²) in [6.45, 7) is 1.03. The molecule has 1 aliphatic heterocycles. The van der Waals surface area contributed by atoms with Crippen LogP contribution in [0.1, 0.15) is 5.69 Å². The fraction of sp³-hybridized carbons (Fsp3) is 0.286. The first-order valence-corrected chi connectivity index (χ1v) is 11.3. The number of hydrogen-bond donors (Lipinski definition) is 1. The van der Waals surface area contributed by atoms with Gasteiger partial charge in [0.2, 0.25) is 10.0 Å². The zero-order valence-corrected chi connectivity index (χ0v) is 18.1. The second-order valence-electron chi connectivity index (χ2n) is 7.10. The van der Waals surface area contributed by atoms with E-state index in [1.807, 2.05) is 43.3 Å². The van der Waals surface area contributed by atoms with Crippen molar-refractivity contribution >= 4 is 15.8 Å². The molecular weight excluding hydrogens is 418 g/mol. The number of nitrogens with one attached hydrogen (secondary N) is 1. The van der Waals surface area contributed by atoms with Crippen molar-refractivity contribution in [2.24, 2.45) is 0 Å². The van der Waals surface area contributed by atoms with Gasteiger partial charge in [0.25, 0.3) is 0 Å². The first-order valence-electron chi connectivity index (χ1n) is 9.78. The van der Waals surface area contributed by atoms with Crippen LogP contribution in [0.15, 0.2) is 53.6 Å². The fourth-order valence-corrected chi connectivity index (χ4v) is 4.08. The van der Waals surface area contributed by atoms with Gasteiger partial charge in [-0.3, -0.25) is 4.98 Å². The molecule has 1 aromatic carbocycles. The molecule has 1 N–H and O–H groups in total. The Balaban J connectivity index is 1.49. The molecule has 9 nitrogen and oxygen atoms in total. The van der Waals surface area contributed by atoms with Gasteiger partial charge >= 0.3 is 0 Å². The normalized spacial score (nSPS) is 13.1. The van der Waals surface area contributed by atoms with Gasteiger partial charge in [0.1, 0.15) is 24.7 Å². The lowest BCUT2D eigenvalue weighted by Crippen LogP contribution is -2.26. The molecule has 0 bridgehead atoms. The number of nitrogens with zero attached hydrogens (tertiary/aromatic N) is 4. The van der Waals surface area contributed by atoms with E-state index in [4.69, 9.17) is 9.47 Å². The summed E-state index contributed by atoms with van der Waals surface area (Å²) in [6.07, 6.45) is 2.08. The zero-order chi connectivity index (χ0) is 21.8.